The summed E-state index contributed by atoms with van der Waals surface area (Å²) in [6.45, 7) is 2.89. The molecule has 5 rings (SSSR count). The standard InChI is InChI=1S/C38H35Cl2NO2/c39-33-16-11-29(12-17-33)26-35(31-8-2-1-3-9-31)37(42)20-15-28-7-6-10-32(25-28)36(27-30-13-18-34(40)19-14-30)38(43)21-24-41-22-4-5-23-41/h1-3,6-20,25-27,37,42H,4-5,21-24H2/b20-15+,35-26+,36-27-. The molecule has 3 nitrogen and oxygen atoms in total. The molecule has 0 radical (unpaired) electrons. The summed E-state index contributed by atoms with van der Waals surface area (Å²) in [6.07, 6.45) is 9.62. The number of benzene rings is 4. The van der Waals surface area contributed by atoms with Gasteiger partial charge in [0, 0.05) is 28.6 Å². The number of aliphatic hydroxyl groups is 1. The van der Waals surface area contributed by atoms with Gasteiger partial charge in [-0.05, 0) is 102 Å². The van der Waals surface area contributed by atoms with Gasteiger partial charge in [-0.25, -0.2) is 0 Å². The first kappa shape index (κ1) is 30.7. The van der Waals surface area contributed by atoms with Crippen LogP contribution in [0.4, 0.5) is 0 Å². The number of aliphatic hydroxyl groups excluding tert-OH is 1. The molecule has 0 bridgehead atoms. The second-order valence-corrected chi connectivity index (χ2v) is 11.7. The normalized spacial score (nSPS) is 15.2. The highest BCUT2D eigenvalue weighted by molar-refractivity contribution is 6.31. The molecule has 1 atom stereocenters. The number of hydrogen-bond acceptors (Lipinski definition) is 3. The van der Waals surface area contributed by atoms with Crippen LogP contribution in [0, 0.1) is 0 Å². The van der Waals surface area contributed by atoms with E-state index in [1.165, 1.54) is 12.8 Å². The monoisotopic (exact) mass is 607 g/mol. The lowest BCUT2D eigenvalue weighted by Gasteiger charge is -2.15. The van der Waals surface area contributed by atoms with E-state index in [9.17, 15) is 9.90 Å². The number of ketones is 1. The minimum absolute atomic E-state index is 0.111. The summed E-state index contributed by atoms with van der Waals surface area (Å²) in [5.41, 5.74) is 5.98. The number of rotatable bonds is 11. The second-order valence-electron chi connectivity index (χ2n) is 10.8. The lowest BCUT2D eigenvalue weighted by Crippen LogP contribution is -2.23. The van der Waals surface area contributed by atoms with Gasteiger partial charge in [-0.15, -0.1) is 0 Å². The van der Waals surface area contributed by atoms with Crippen LogP contribution in [-0.2, 0) is 4.79 Å². The molecular formula is C38H35Cl2NO2. The molecule has 4 aromatic rings. The maximum absolute atomic E-state index is 13.6. The molecule has 1 N–H and O–H groups in total. The summed E-state index contributed by atoms with van der Waals surface area (Å²) in [7, 11) is 0. The van der Waals surface area contributed by atoms with E-state index >= 15 is 0 Å². The van der Waals surface area contributed by atoms with Gasteiger partial charge < -0.3 is 10.0 Å². The van der Waals surface area contributed by atoms with E-state index in [4.69, 9.17) is 23.2 Å². The predicted octanol–water partition coefficient (Wildman–Crippen LogP) is 9.20. The number of hydrogen-bond donors (Lipinski definition) is 1. The molecule has 0 saturated carbocycles. The van der Waals surface area contributed by atoms with Crippen LogP contribution in [0.25, 0.3) is 29.4 Å². The van der Waals surface area contributed by atoms with Gasteiger partial charge in [-0.1, -0.05) is 108 Å². The molecule has 0 aliphatic carbocycles. The van der Waals surface area contributed by atoms with Crippen LogP contribution < -0.4 is 0 Å². The largest absolute Gasteiger partial charge is 0.384 e. The molecule has 1 saturated heterocycles. The van der Waals surface area contributed by atoms with Crippen molar-refractivity contribution in [3.05, 3.63) is 147 Å². The van der Waals surface area contributed by atoms with Crippen molar-refractivity contribution in [2.45, 2.75) is 25.4 Å². The third-order valence-electron chi connectivity index (χ3n) is 7.62. The molecule has 0 spiro atoms. The molecule has 218 valence electrons. The highest BCUT2D eigenvalue weighted by atomic mass is 35.5. The first-order valence-electron chi connectivity index (χ1n) is 14.7. The van der Waals surface area contributed by atoms with Gasteiger partial charge in [-0.2, -0.15) is 0 Å². The number of carbonyl (C=O) groups excluding carboxylic acids is 1. The quantitative estimate of drug-likeness (QED) is 0.136. The van der Waals surface area contributed by atoms with E-state index in [0.29, 0.717) is 22.0 Å². The van der Waals surface area contributed by atoms with E-state index in [2.05, 4.69) is 4.90 Å². The summed E-state index contributed by atoms with van der Waals surface area (Å²) in [5.74, 6) is 0.111. The third kappa shape index (κ3) is 8.89. The van der Waals surface area contributed by atoms with Gasteiger partial charge in [0.2, 0.25) is 0 Å². The Morgan fingerprint density at radius 2 is 1.35 bits per heavy atom. The Hall–Kier alpha value is -3.73. The Balaban J connectivity index is 1.42. The lowest BCUT2D eigenvalue weighted by molar-refractivity contribution is -0.114. The van der Waals surface area contributed by atoms with Crippen molar-refractivity contribution in [2.24, 2.45) is 0 Å². The van der Waals surface area contributed by atoms with E-state index < -0.39 is 6.10 Å². The van der Waals surface area contributed by atoms with Crippen molar-refractivity contribution in [1.82, 2.24) is 4.90 Å². The third-order valence-corrected chi connectivity index (χ3v) is 8.13. The minimum Gasteiger partial charge on any atom is -0.384 e. The van der Waals surface area contributed by atoms with E-state index in [0.717, 1.165) is 53.0 Å². The van der Waals surface area contributed by atoms with E-state index in [1.54, 1.807) is 6.08 Å². The minimum atomic E-state index is -0.854. The first-order chi connectivity index (χ1) is 20.9. The number of carbonyl (C=O) groups is 1. The van der Waals surface area contributed by atoms with Crippen LogP contribution in [-0.4, -0.2) is 41.5 Å². The molecule has 4 aromatic carbocycles. The summed E-state index contributed by atoms with van der Waals surface area (Å²) in [4.78, 5) is 16.0. The molecular weight excluding hydrogens is 573 g/mol. The molecule has 0 aromatic heterocycles. The Kier molecular flexibility index (Phi) is 10.8. The van der Waals surface area contributed by atoms with Crippen molar-refractivity contribution in [1.29, 1.82) is 0 Å². The van der Waals surface area contributed by atoms with Gasteiger partial charge in [0.15, 0.2) is 5.78 Å². The van der Waals surface area contributed by atoms with Crippen molar-refractivity contribution in [3.8, 4) is 0 Å². The molecule has 1 aliphatic heterocycles. The Labute approximate surface area is 264 Å². The van der Waals surface area contributed by atoms with Crippen molar-refractivity contribution >= 4 is 58.4 Å². The molecule has 43 heavy (non-hydrogen) atoms. The summed E-state index contributed by atoms with van der Waals surface area (Å²) >= 11 is 12.2. The van der Waals surface area contributed by atoms with Crippen molar-refractivity contribution < 1.29 is 9.90 Å². The molecule has 1 heterocycles. The number of nitrogens with zero attached hydrogens (tertiary/aromatic N) is 1. The zero-order chi connectivity index (χ0) is 30.0. The van der Waals surface area contributed by atoms with E-state index in [1.807, 2.05) is 121 Å². The lowest BCUT2D eigenvalue weighted by atomic mass is 9.94. The SMILES string of the molecule is O=C(CCN1CCCC1)/C(=C\c1ccc(Cl)cc1)c1cccc(/C=C/C(O)/C(=C/c2ccc(Cl)cc2)c2ccccc2)c1. The van der Waals surface area contributed by atoms with Crippen LogP contribution in [0.2, 0.25) is 10.0 Å². The first-order valence-corrected chi connectivity index (χ1v) is 15.4. The molecule has 5 heteroatoms. The fourth-order valence-electron chi connectivity index (χ4n) is 5.28. The second kappa shape index (κ2) is 15.1. The predicted molar refractivity (Wildman–Crippen MR) is 182 cm³/mol. The summed E-state index contributed by atoms with van der Waals surface area (Å²) in [5, 5.41) is 12.7. The summed E-state index contributed by atoms with van der Waals surface area (Å²) < 4.78 is 0. The Morgan fingerprint density at radius 3 is 2.00 bits per heavy atom. The summed E-state index contributed by atoms with van der Waals surface area (Å²) in [6, 6.07) is 32.8. The number of Topliss-reactive ketones (excluding diaryl/α,β-unsaturated/α-hetero) is 1. The molecule has 1 unspecified atom stereocenters. The molecule has 1 fully saturated rings. The van der Waals surface area contributed by atoms with Gasteiger partial charge in [-0.3, -0.25) is 4.79 Å². The fraction of sp³-hybridized carbons (Fsp3) is 0.184. The highest BCUT2D eigenvalue weighted by Gasteiger charge is 2.17. The van der Waals surface area contributed by atoms with Crippen LogP contribution >= 0.6 is 23.2 Å². The van der Waals surface area contributed by atoms with E-state index in [-0.39, 0.29) is 5.78 Å². The molecule has 0 amide bonds. The van der Waals surface area contributed by atoms with Crippen LogP contribution in [0.1, 0.15) is 47.1 Å². The van der Waals surface area contributed by atoms with Crippen molar-refractivity contribution in [3.63, 3.8) is 0 Å². The maximum atomic E-state index is 13.6. The van der Waals surface area contributed by atoms with Crippen LogP contribution in [0.3, 0.4) is 0 Å². The Morgan fingerprint density at radius 1 is 0.744 bits per heavy atom. The van der Waals surface area contributed by atoms with Gasteiger partial charge in [0.05, 0.1) is 6.10 Å². The fourth-order valence-corrected chi connectivity index (χ4v) is 5.53. The average Bonchev–Trinajstić information content (AvgIpc) is 3.56. The van der Waals surface area contributed by atoms with Gasteiger partial charge in [0.1, 0.15) is 0 Å². The smallest absolute Gasteiger partial charge is 0.164 e. The van der Waals surface area contributed by atoms with Gasteiger partial charge in [0.25, 0.3) is 0 Å². The van der Waals surface area contributed by atoms with Crippen molar-refractivity contribution in [2.75, 3.05) is 19.6 Å². The average molecular weight is 609 g/mol. The highest BCUT2D eigenvalue weighted by Crippen LogP contribution is 2.26. The van der Waals surface area contributed by atoms with Crippen LogP contribution in [0.15, 0.2) is 109 Å². The zero-order valence-electron chi connectivity index (χ0n) is 24.0. The Bertz CT molecular complexity index is 1600. The number of allylic oxidation sites excluding steroid dienone is 1. The zero-order valence-corrected chi connectivity index (χ0v) is 25.5. The number of halogens is 2. The van der Waals surface area contributed by atoms with Gasteiger partial charge >= 0.3 is 0 Å². The topological polar surface area (TPSA) is 40.5 Å². The number of likely N-dealkylation sites (tertiary alicyclic amines) is 1. The maximum Gasteiger partial charge on any atom is 0.164 e. The molecule has 1 aliphatic rings. The van der Waals surface area contributed by atoms with Crippen LogP contribution in [0.5, 0.6) is 0 Å².